The summed E-state index contributed by atoms with van der Waals surface area (Å²) in [5.41, 5.74) is -6.68. The molecule has 2 rings (SSSR count). The fourth-order valence-corrected chi connectivity index (χ4v) is 2.11. The number of carbonyl (C=O) groups is 1. The van der Waals surface area contributed by atoms with Crippen LogP contribution in [0.1, 0.15) is 10.5 Å². The van der Waals surface area contributed by atoms with Crippen molar-refractivity contribution in [3.63, 3.8) is 0 Å². The first kappa shape index (κ1) is 19.6. The van der Waals surface area contributed by atoms with Gasteiger partial charge in [-0.2, -0.15) is 22.0 Å². The zero-order valence-corrected chi connectivity index (χ0v) is 12.6. The summed E-state index contributed by atoms with van der Waals surface area (Å²) in [5, 5.41) is 3.93. The fourth-order valence-electron chi connectivity index (χ4n) is 1.48. The summed E-state index contributed by atoms with van der Waals surface area (Å²) < 4.78 is 116. The highest BCUT2D eigenvalue weighted by atomic mass is 32.2. The Kier molecular flexibility index (Phi) is 4.90. The number of benzene rings is 1. The molecule has 0 amide bonds. The third kappa shape index (κ3) is 3.44. The Hall–Kier alpha value is -2.77. The smallest absolute Gasteiger partial charge is 0.415 e. The SMILES string of the molecule is O=C(Oc1c(F)c(F)cc(F)c1F)c1ccc(S(=O)(=O)C(F)(F)F)nn1. The molecule has 0 spiro atoms. The van der Waals surface area contributed by atoms with Gasteiger partial charge in [0.2, 0.25) is 17.4 Å². The first-order valence-corrected chi connectivity index (χ1v) is 7.55. The molecular formula is C12H3F7N2O4S. The van der Waals surface area contributed by atoms with Crippen molar-refractivity contribution in [1.82, 2.24) is 10.2 Å². The molecule has 0 saturated carbocycles. The number of aromatic nitrogens is 2. The first-order chi connectivity index (χ1) is 11.9. The minimum Gasteiger partial charge on any atom is -0.415 e. The topological polar surface area (TPSA) is 86.2 Å². The van der Waals surface area contributed by atoms with E-state index in [1.165, 1.54) is 0 Å². The molecule has 6 nitrogen and oxygen atoms in total. The number of esters is 1. The van der Waals surface area contributed by atoms with E-state index in [0.717, 1.165) is 0 Å². The van der Waals surface area contributed by atoms with Gasteiger partial charge in [0.1, 0.15) is 0 Å². The van der Waals surface area contributed by atoms with Crippen LogP contribution in [0.3, 0.4) is 0 Å². The van der Waals surface area contributed by atoms with E-state index < -0.39 is 61.1 Å². The van der Waals surface area contributed by atoms with Crippen LogP contribution in [0.25, 0.3) is 0 Å². The van der Waals surface area contributed by atoms with Crippen LogP contribution < -0.4 is 4.74 Å². The molecule has 1 aromatic heterocycles. The summed E-state index contributed by atoms with van der Waals surface area (Å²) in [5.74, 6) is -11.4. The van der Waals surface area contributed by atoms with Crippen molar-refractivity contribution < 1.29 is 48.7 Å². The van der Waals surface area contributed by atoms with Gasteiger partial charge in [-0.15, -0.1) is 10.2 Å². The average molecular weight is 404 g/mol. The van der Waals surface area contributed by atoms with Crippen LogP contribution in [0, 0.1) is 23.3 Å². The predicted octanol–water partition coefficient (Wildman–Crippen LogP) is 2.55. The van der Waals surface area contributed by atoms with Crippen LogP contribution >= 0.6 is 0 Å². The molecule has 0 radical (unpaired) electrons. The molecule has 2 aromatic rings. The summed E-state index contributed by atoms with van der Waals surface area (Å²) in [6, 6.07) is 0.462. The summed E-state index contributed by atoms with van der Waals surface area (Å²) in [7, 11) is -5.85. The van der Waals surface area contributed by atoms with Crippen molar-refractivity contribution >= 4 is 15.8 Å². The molecule has 14 heteroatoms. The maximum atomic E-state index is 13.4. The lowest BCUT2D eigenvalue weighted by atomic mass is 10.3. The van der Waals surface area contributed by atoms with Crippen molar-refractivity contribution in [3.8, 4) is 5.75 Å². The number of ether oxygens (including phenoxy) is 1. The molecule has 1 heterocycles. The zero-order valence-electron chi connectivity index (χ0n) is 11.8. The highest BCUT2D eigenvalue weighted by Crippen LogP contribution is 2.29. The number of hydrogen-bond donors (Lipinski definition) is 0. The first-order valence-electron chi connectivity index (χ1n) is 6.06. The Bertz CT molecular complexity index is 948. The maximum Gasteiger partial charge on any atom is 0.503 e. The molecule has 26 heavy (non-hydrogen) atoms. The van der Waals surface area contributed by atoms with Crippen LogP contribution in [0.5, 0.6) is 5.75 Å². The molecule has 0 N–H and O–H groups in total. The highest BCUT2D eigenvalue weighted by Gasteiger charge is 2.48. The molecule has 0 aliphatic heterocycles. The minimum atomic E-state index is -5.85. The second-order valence-corrected chi connectivity index (χ2v) is 6.28. The van der Waals surface area contributed by atoms with E-state index in [1.807, 2.05) is 0 Å². The summed E-state index contributed by atoms with van der Waals surface area (Å²) >= 11 is 0. The van der Waals surface area contributed by atoms with Crippen LogP contribution in [-0.2, 0) is 9.84 Å². The standard InChI is InChI=1S/C12H3F7N2O4S/c13-4-3-5(14)9(16)10(8(4)15)25-11(22)6-1-2-7(21-20-6)26(23,24)12(17,18)19/h1-3H. The number of hydrogen-bond acceptors (Lipinski definition) is 6. The van der Waals surface area contributed by atoms with E-state index in [9.17, 15) is 43.9 Å². The number of carbonyl (C=O) groups excluding carboxylic acids is 1. The fraction of sp³-hybridized carbons (Fsp3) is 0.0833. The monoisotopic (exact) mass is 404 g/mol. The van der Waals surface area contributed by atoms with Gasteiger partial charge >= 0.3 is 11.5 Å². The van der Waals surface area contributed by atoms with E-state index in [4.69, 9.17) is 0 Å². The quantitative estimate of drug-likeness (QED) is 0.338. The van der Waals surface area contributed by atoms with E-state index in [2.05, 4.69) is 14.9 Å². The Morgan fingerprint density at radius 2 is 1.50 bits per heavy atom. The van der Waals surface area contributed by atoms with Crippen LogP contribution in [0.4, 0.5) is 30.7 Å². The molecule has 0 fully saturated rings. The minimum absolute atomic E-state index is 0.154. The molecule has 140 valence electrons. The summed E-state index contributed by atoms with van der Waals surface area (Å²) in [4.78, 5) is 11.6. The second-order valence-electron chi connectivity index (χ2n) is 4.39. The van der Waals surface area contributed by atoms with E-state index in [-0.39, 0.29) is 12.1 Å². The molecule has 0 atom stereocenters. The Labute approximate surface area is 139 Å². The molecular weight excluding hydrogens is 401 g/mol. The molecule has 1 aromatic carbocycles. The molecule has 0 aliphatic rings. The van der Waals surface area contributed by atoms with Crippen molar-refractivity contribution in [2.75, 3.05) is 0 Å². The van der Waals surface area contributed by atoms with Crippen molar-refractivity contribution in [1.29, 1.82) is 0 Å². The Morgan fingerprint density at radius 1 is 0.962 bits per heavy atom. The molecule has 0 aliphatic carbocycles. The normalized spacial score (nSPS) is 12.1. The summed E-state index contributed by atoms with van der Waals surface area (Å²) in [6.07, 6.45) is 0. The van der Waals surface area contributed by atoms with Gasteiger partial charge in [-0.05, 0) is 12.1 Å². The van der Waals surface area contributed by atoms with Crippen LogP contribution in [-0.4, -0.2) is 30.1 Å². The van der Waals surface area contributed by atoms with Crippen molar-refractivity contribution in [3.05, 3.63) is 47.2 Å². The number of rotatable bonds is 3. The Balaban J connectivity index is 2.34. The van der Waals surface area contributed by atoms with E-state index in [1.54, 1.807) is 0 Å². The predicted molar refractivity (Wildman–Crippen MR) is 66.5 cm³/mol. The number of halogens is 7. The van der Waals surface area contributed by atoms with Gasteiger partial charge in [0, 0.05) is 6.07 Å². The molecule has 0 saturated heterocycles. The zero-order chi connectivity index (χ0) is 19.9. The highest BCUT2D eigenvalue weighted by molar-refractivity contribution is 7.92. The number of alkyl halides is 3. The molecule has 0 unspecified atom stereocenters. The third-order valence-corrected chi connectivity index (χ3v) is 4.07. The Morgan fingerprint density at radius 3 is 1.92 bits per heavy atom. The average Bonchev–Trinajstić information content (AvgIpc) is 2.56. The third-order valence-electron chi connectivity index (χ3n) is 2.70. The number of sulfone groups is 1. The largest absolute Gasteiger partial charge is 0.503 e. The molecule has 0 bridgehead atoms. The van der Waals surface area contributed by atoms with Gasteiger partial charge < -0.3 is 4.74 Å². The lowest BCUT2D eigenvalue weighted by Crippen LogP contribution is -2.25. The van der Waals surface area contributed by atoms with E-state index in [0.29, 0.717) is 6.07 Å². The second kappa shape index (κ2) is 6.51. The van der Waals surface area contributed by atoms with Gasteiger partial charge in [-0.3, -0.25) is 0 Å². The van der Waals surface area contributed by atoms with Gasteiger partial charge in [-0.25, -0.2) is 22.0 Å². The lowest BCUT2D eigenvalue weighted by molar-refractivity contribution is -0.0438. The van der Waals surface area contributed by atoms with Gasteiger partial charge in [0.15, 0.2) is 22.4 Å². The lowest BCUT2D eigenvalue weighted by Gasteiger charge is -2.08. The number of nitrogens with zero attached hydrogens (tertiary/aromatic N) is 2. The van der Waals surface area contributed by atoms with Gasteiger partial charge in [0.05, 0.1) is 0 Å². The van der Waals surface area contributed by atoms with Crippen LogP contribution in [0.2, 0.25) is 0 Å². The van der Waals surface area contributed by atoms with Crippen molar-refractivity contribution in [2.45, 2.75) is 10.5 Å². The van der Waals surface area contributed by atoms with E-state index >= 15 is 0 Å². The van der Waals surface area contributed by atoms with Gasteiger partial charge in [0.25, 0.3) is 9.84 Å². The van der Waals surface area contributed by atoms with Crippen molar-refractivity contribution in [2.24, 2.45) is 0 Å². The maximum absolute atomic E-state index is 13.4. The van der Waals surface area contributed by atoms with Gasteiger partial charge in [-0.1, -0.05) is 0 Å². The summed E-state index contributed by atoms with van der Waals surface area (Å²) in [6.45, 7) is 0. The van der Waals surface area contributed by atoms with Crippen LogP contribution in [0.15, 0.2) is 23.2 Å².